The first kappa shape index (κ1) is 15.3. The van der Waals surface area contributed by atoms with Crippen LogP contribution in [0.5, 0.6) is 0 Å². The lowest BCUT2D eigenvalue weighted by Gasteiger charge is -2.49. The fourth-order valence-corrected chi connectivity index (χ4v) is 4.31. The van der Waals surface area contributed by atoms with Gasteiger partial charge in [-0.15, -0.1) is 0 Å². The predicted molar refractivity (Wildman–Crippen MR) is 88.0 cm³/mol. The Hall–Kier alpha value is -1.27. The molecule has 5 nitrogen and oxygen atoms in total. The molecule has 2 saturated heterocycles. The summed E-state index contributed by atoms with van der Waals surface area (Å²) in [6.45, 7) is 6.48. The summed E-state index contributed by atoms with van der Waals surface area (Å²) in [7, 11) is 0. The largest absolute Gasteiger partial charge is 0.351 e. The van der Waals surface area contributed by atoms with E-state index in [1.807, 2.05) is 4.90 Å². The highest BCUT2D eigenvalue weighted by Crippen LogP contribution is 2.27. The highest BCUT2D eigenvalue weighted by molar-refractivity contribution is 5.42. The van der Waals surface area contributed by atoms with Gasteiger partial charge in [0.2, 0.25) is 0 Å². The van der Waals surface area contributed by atoms with Crippen LogP contribution < -0.4 is 4.90 Å². The smallest absolute Gasteiger partial charge is 0.183 e. The Morgan fingerprint density at radius 2 is 1.57 bits per heavy atom. The van der Waals surface area contributed by atoms with Gasteiger partial charge in [-0.05, 0) is 12.8 Å². The van der Waals surface area contributed by atoms with Crippen molar-refractivity contribution in [3.05, 3.63) is 18.3 Å². The molecular weight excluding hydrogens is 293 g/mol. The van der Waals surface area contributed by atoms with Gasteiger partial charge in [0.15, 0.2) is 11.6 Å². The zero-order valence-electron chi connectivity index (χ0n) is 13.7. The second-order valence-electron chi connectivity index (χ2n) is 7.12. The van der Waals surface area contributed by atoms with Crippen molar-refractivity contribution in [1.82, 2.24) is 19.8 Å². The summed E-state index contributed by atoms with van der Waals surface area (Å²) in [5.74, 6) is 0.144. The quantitative estimate of drug-likeness (QED) is 0.848. The van der Waals surface area contributed by atoms with E-state index in [0.29, 0.717) is 11.9 Å². The zero-order chi connectivity index (χ0) is 15.6. The molecule has 3 fully saturated rings. The summed E-state index contributed by atoms with van der Waals surface area (Å²) in [6.07, 6.45) is 9.70. The van der Waals surface area contributed by atoms with Crippen molar-refractivity contribution in [2.45, 2.75) is 44.2 Å². The lowest BCUT2D eigenvalue weighted by atomic mass is 9.93. The summed E-state index contributed by atoms with van der Waals surface area (Å²) in [5, 5.41) is 0. The topological polar surface area (TPSA) is 35.5 Å². The van der Waals surface area contributed by atoms with Crippen molar-refractivity contribution in [1.29, 1.82) is 0 Å². The number of nitrogens with zero attached hydrogens (tertiary/aromatic N) is 5. The molecule has 0 unspecified atom stereocenters. The normalized spacial score (nSPS) is 25.5. The number of anilines is 1. The molecule has 2 aliphatic heterocycles. The summed E-state index contributed by atoms with van der Waals surface area (Å²) < 4.78 is 13.7. The molecule has 1 aliphatic carbocycles. The van der Waals surface area contributed by atoms with Gasteiger partial charge in [0.05, 0.1) is 6.20 Å². The van der Waals surface area contributed by atoms with Crippen molar-refractivity contribution >= 4 is 5.82 Å². The number of hydrogen-bond donors (Lipinski definition) is 0. The van der Waals surface area contributed by atoms with Gasteiger partial charge in [0.1, 0.15) is 6.33 Å². The van der Waals surface area contributed by atoms with Gasteiger partial charge in [-0.1, -0.05) is 19.3 Å². The maximum atomic E-state index is 13.7. The van der Waals surface area contributed by atoms with Gasteiger partial charge in [-0.2, -0.15) is 0 Å². The van der Waals surface area contributed by atoms with Crippen molar-refractivity contribution in [2.75, 3.05) is 44.2 Å². The fourth-order valence-electron chi connectivity index (χ4n) is 4.31. The highest BCUT2D eigenvalue weighted by Gasteiger charge is 2.36. The summed E-state index contributed by atoms with van der Waals surface area (Å²) in [4.78, 5) is 15.1. The van der Waals surface area contributed by atoms with Gasteiger partial charge >= 0.3 is 0 Å². The van der Waals surface area contributed by atoms with Gasteiger partial charge in [0.25, 0.3) is 0 Å². The van der Waals surface area contributed by atoms with E-state index in [4.69, 9.17) is 0 Å². The minimum atomic E-state index is -0.312. The van der Waals surface area contributed by atoms with Crippen LogP contribution in [-0.2, 0) is 0 Å². The monoisotopic (exact) mass is 319 g/mol. The van der Waals surface area contributed by atoms with E-state index in [1.165, 1.54) is 57.7 Å². The molecule has 1 aromatic heterocycles. The van der Waals surface area contributed by atoms with Crippen molar-refractivity contribution < 1.29 is 4.39 Å². The van der Waals surface area contributed by atoms with E-state index in [2.05, 4.69) is 19.8 Å². The summed E-state index contributed by atoms with van der Waals surface area (Å²) in [6, 6.07) is 1.39. The van der Waals surface area contributed by atoms with Crippen LogP contribution in [0, 0.1) is 5.82 Å². The molecule has 1 saturated carbocycles. The van der Waals surface area contributed by atoms with E-state index in [-0.39, 0.29) is 5.82 Å². The fraction of sp³-hybridized carbons (Fsp3) is 0.765. The second-order valence-corrected chi connectivity index (χ2v) is 7.12. The molecule has 126 valence electrons. The predicted octanol–water partition coefficient (Wildman–Crippen LogP) is 1.75. The van der Waals surface area contributed by atoms with Crippen LogP contribution in [0.15, 0.2) is 12.5 Å². The average molecular weight is 319 g/mol. The molecule has 0 bridgehead atoms. The van der Waals surface area contributed by atoms with Gasteiger partial charge in [-0.3, -0.25) is 9.80 Å². The maximum absolute atomic E-state index is 13.7. The molecular formula is C17H26FN5. The molecule has 3 aliphatic rings. The summed E-state index contributed by atoms with van der Waals surface area (Å²) in [5.41, 5.74) is 0. The molecule has 0 N–H and O–H groups in total. The second kappa shape index (κ2) is 6.69. The van der Waals surface area contributed by atoms with E-state index in [1.54, 1.807) is 0 Å². The van der Waals surface area contributed by atoms with Crippen LogP contribution in [0.25, 0.3) is 0 Å². The van der Waals surface area contributed by atoms with Crippen LogP contribution >= 0.6 is 0 Å². The van der Waals surface area contributed by atoms with Gasteiger partial charge < -0.3 is 4.90 Å². The van der Waals surface area contributed by atoms with Crippen molar-refractivity contribution in [3.8, 4) is 0 Å². The lowest BCUT2D eigenvalue weighted by molar-refractivity contribution is 0.0485. The molecule has 0 amide bonds. The van der Waals surface area contributed by atoms with Crippen LogP contribution in [0.4, 0.5) is 10.2 Å². The Morgan fingerprint density at radius 3 is 2.22 bits per heavy atom. The minimum absolute atomic E-state index is 0.312. The number of hydrogen-bond acceptors (Lipinski definition) is 5. The number of piperazine rings is 1. The zero-order valence-corrected chi connectivity index (χ0v) is 13.7. The first-order valence-corrected chi connectivity index (χ1v) is 9.00. The van der Waals surface area contributed by atoms with E-state index in [9.17, 15) is 4.39 Å². The summed E-state index contributed by atoms with van der Waals surface area (Å²) >= 11 is 0. The average Bonchev–Trinajstić information content (AvgIpc) is 2.57. The molecule has 6 heteroatoms. The maximum Gasteiger partial charge on any atom is 0.183 e. The third-order valence-electron chi connectivity index (χ3n) is 5.77. The third kappa shape index (κ3) is 3.19. The van der Waals surface area contributed by atoms with Crippen molar-refractivity contribution in [2.24, 2.45) is 0 Å². The van der Waals surface area contributed by atoms with E-state index < -0.39 is 0 Å². The molecule has 23 heavy (non-hydrogen) atoms. The molecule has 1 aromatic rings. The van der Waals surface area contributed by atoms with Crippen LogP contribution in [-0.4, -0.2) is 71.1 Å². The molecule has 0 spiro atoms. The number of halogens is 1. The van der Waals surface area contributed by atoms with Crippen LogP contribution in [0.1, 0.15) is 32.1 Å². The third-order valence-corrected chi connectivity index (χ3v) is 5.77. The molecule has 0 aromatic carbocycles. The Kier molecular flexibility index (Phi) is 4.44. The molecule has 3 heterocycles. The SMILES string of the molecule is Fc1cncnc1N1CC(N2CCN(C3CCCCC3)CC2)C1. The molecule has 0 radical (unpaired) electrons. The standard InChI is InChI=1S/C17H26FN5/c18-16-10-19-13-20-17(16)23-11-15(12-23)22-8-6-21(7-9-22)14-4-2-1-3-5-14/h10,13-15H,1-9,11-12H2. The van der Waals surface area contributed by atoms with Crippen LogP contribution in [0.3, 0.4) is 0 Å². The van der Waals surface area contributed by atoms with E-state index >= 15 is 0 Å². The number of aromatic nitrogens is 2. The van der Waals surface area contributed by atoms with Crippen molar-refractivity contribution in [3.63, 3.8) is 0 Å². The molecule has 0 atom stereocenters. The minimum Gasteiger partial charge on any atom is -0.351 e. The Morgan fingerprint density at radius 1 is 0.913 bits per heavy atom. The Labute approximate surface area is 137 Å². The number of rotatable bonds is 3. The van der Waals surface area contributed by atoms with E-state index in [0.717, 1.165) is 32.2 Å². The first-order chi connectivity index (χ1) is 11.3. The van der Waals surface area contributed by atoms with Crippen LogP contribution in [0.2, 0.25) is 0 Å². The lowest BCUT2D eigenvalue weighted by Crippen LogP contribution is -2.64. The van der Waals surface area contributed by atoms with Gasteiger partial charge in [0, 0.05) is 51.4 Å². The Balaban J connectivity index is 1.25. The molecule has 4 rings (SSSR count). The Bertz CT molecular complexity index is 519. The van der Waals surface area contributed by atoms with Gasteiger partial charge in [-0.25, -0.2) is 14.4 Å². The highest BCUT2D eigenvalue weighted by atomic mass is 19.1. The first-order valence-electron chi connectivity index (χ1n) is 9.00.